The van der Waals surface area contributed by atoms with E-state index >= 15 is 0 Å². The minimum Gasteiger partial charge on any atom is -0.496 e. The minimum atomic E-state index is -0.677. The Labute approximate surface area is 212 Å². The number of fused-ring (bicyclic) bond motifs is 1. The number of nitrogens with one attached hydrogen (secondary N) is 3. The van der Waals surface area contributed by atoms with E-state index in [9.17, 15) is 14.0 Å². The van der Waals surface area contributed by atoms with E-state index in [2.05, 4.69) is 21.0 Å². The van der Waals surface area contributed by atoms with Crippen LogP contribution in [0.4, 0.5) is 21.6 Å². The Balaban J connectivity index is 1.56. The van der Waals surface area contributed by atoms with Crippen molar-refractivity contribution in [3.8, 4) is 5.75 Å². The van der Waals surface area contributed by atoms with Gasteiger partial charge in [0.25, 0.3) is 11.8 Å². The monoisotopic (exact) mass is 497 g/mol. The fourth-order valence-electron chi connectivity index (χ4n) is 4.35. The number of benzene rings is 3. The molecule has 1 aromatic heterocycles. The number of hydrogen-bond acceptors (Lipinski definition) is 5. The third kappa shape index (κ3) is 4.66. The minimum absolute atomic E-state index is 0.270. The topological polar surface area (TPSA) is 97.3 Å². The number of carbonyl (C=O) groups excluding carboxylic acids is 2. The summed E-state index contributed by atoms with van der Waals surface area (Å²) in [6.45, 7) is 1.78. The first-order valence-corrected chi connectivity index (χ1v) is 11.6. The van der Waals surface area contributed by atoms with Crippen molar-refractivity contribution in [2.75, 3.05) is 23.1 Å². The molecule has 0 unspecified atom stereocenters. The number of rotatable bonds is 6. The van der Waals surface area contributed by atoms with Crippen molar-refractivity contribution in [1.29, 1.82) is 0 Å². The van der Waals surface area contributed by atoms with Crippen LogP contribution in [0.3, 0.4) is 0 Å². The summed E-state index contributed by atoms with van der Waals surface area (Å²) in [6, 6.07) is 21.3. The highest BCUT2D eigenvalue weighted by Crippen LogP contribution is 2.41. The summed E-state index contributed by atoms with van der Waals surface area (Å²) in [7, 11) is 1.56. The van der Waals surface area contributed by atoms with Crippen molar-refractivity contribution in [1.82, 2.24) is 9.78 Å². The van der Waals surface area contributed by atoms with Crippen molar-refractivity contribution in [2.24, 2.45) is 0 Å². The van der Waals surface area contributed by atoms with Gasteiger partial charge in [-0.2, -0.15) is 5.10 Å². The van der Waals surface area contributed by atoms with E-state index in [1.54, 1.807) is 30.8 Å². The quantitative estimate of drug-likeness (QED) is 0.340. The number of amides is 2. The molecule has 0 aliphatic carbocycles. The third-order valence-corrected chi connectivity index (χ3v) is 6.08. The number of hydrogen-bond donors (Lipinski definition) is 3. The Morgan fingerprint density at radius 3 is 2.30 bits per heavy atom. The Morgan fingerprint density at radius 2 is 1.57 bits per heavy atom. The average Bonchev–Trinajstić information content (AvgIpc) is 3.33. The number of halogens is 1. The van der Waals surface area contributed by atoms with Crippen LogP contribution >= 0.6 is 0 Å². The molecule has 0 saturated carbocycles. The van der Waals surface area contributed by atoms with Crippen LogP contribution in [0.5, 0.6) is 5.75 Å². The first-order valence-electron chi connectivity index (χ1n) is 11.6. The van der Waals surface area contributed by atoms with Crippen LogP contribution in [0.1, 0.15) is 28.9 Å². The smallest absolute Gasteiger partial charge is 0.261 e. The maximum Gasteiger partial charge on any atom is 0.261 e. The maximum absolute atomic E-state index is 13.6. The highest BCUT2D eigenvalue weighted by molar-refractivity contribution is 6.09. The second-order valence-electron chi connectivity index (χ2n) is 8.44. The fraction of sp³-hybridized carbons (Fsp3) is 0.107. The molecule has 186 valence electrons. The number of nitrogens with zero attached hydrogens (tertiary/aromatic N) is 2. The summed E-state index contributed by atoms with van der Waals surface area (Å²) in [4.78, 5) is 26.7. The number of anilines is 3. The third-order valence-electron chi connectivity index (χ3n) is 6.08. The van der Waals surface area contributed by atoms with Crippen molar-refractivity contribution in [2.45, 2.75) is 13.0 Å². The summed E-state index contributed by atoms with van der Waals surface area (Å²) in [5, 5.41) is 13.4. The summed E-state index contributed by atoms with van der Waals surface area (Å²) < 4.78 is 20.5. The lowest BCUT2D eigenvalue weighted by Crippen LogP contribution is -2.32. The van der Waals surface area contributed by atoms with Gasteiger partial charge in [-0.1, -0.05) is 36.4 Å². The van der Waals surface area contributed by atoms with Gasteiger partial charge in [-0.3, -0.25) is 9.59 Å². The van der Waals surface area contributed by atoms with Gasteiger partial charge >= 0.3 is 0 Å². The lowest BCUT2D eigenvalue weighted by atomic mass is 9.93. The molecule has 1 aliphatic heterocycles. The van der Waals surface area contributed by atoms with Crippen LogP contribution in [-0.2, 0) is 4.79 Å². The molecule has 1 atom stereocenters. The Kier molecular flexibility index (Phi) is 6.42. The molecular weight excluding hydrogens is 473 g/mol. The number of ether oxygens (including phenoxy) is 1. The van der Waals surface area contributed by atoms with Crippen LogP contribution < -0.4 is 20.7 Å². The summed E-state index contributed by atoms with van der Waals surface area (Å²) in [5.41, 5.74) is 3.06. The van der Waals surface area contributed by atoms with Crippen LogP contribution in [0.2, 0.25) is 0 Å². The molecule has 37 heavy (non-hydrogen) atoms. The SMILES string of the molecule is COc1ccccc1[C@@H]1C(C(=O)Nc2ccccc2)=C(C)Nc2c(C(=O)Nc3ccc(F)cc3)cnn21. The molecule has 0 spiro atoms. The second kappa shape index (κ2) is 9.98. The predicted octanol–water partition coefficient (Wildman–Crippen LogP) is 5.21. The first-order chi connectivity index (χ1) is 18.0. The maximum atomic E-state index is 13.6. The molecule has 4 aromatic rings. The van der Waals surface area contributed by atoms with Crippen molar-refractivity contribution in [3.05, 3.63) is 113 Å². The van der Waals surface area contributed by atoms with Crippen molar-refractivity contribution in [3.63, 3.8) is 0 Å². The number of para-hydroxylation sites is 2. The fourth-order valence-corrected chi connectivity index (χ4v) is 4.35. The zero-order valence-corrected chi connectivity index (χ0v) is 20.2. The lowest BCUT2D eigenvalue weighted by molar-refractivity contribution is -0.113. The summed E-state index contributed by atoms with van der Waals surface area (Å²) >= 11 is 0. The molecule has 0 radical (unpaired) electrons. The van der Waals surface area contributed by atoms with E-state index in [4.69, 9.17) is 4.74 Å². The normalized spacial score (nSPS) is 14.4. The number of carbonyl (C=O) groups is 2. The molecule has 2 heterocycles. The van der Waals surface area contributed by atoms with Crippen LogP contribution in [0.15, 0.2) is 96.3 Å². The average molecular weight is 498 g/mol. The molecular formula is C28H24FN5O3. The van der Waals surface area contributed by atoms with E-state index < -0.39 is 17.8 Å². The highest BCUT2D eigenvalue weighted by Gasteiger charge is 2.36. The zero-order chi connectivity index (χ0) is 25.9. The molecule has 8 nitrogen and oxygen atoms in total. The van der Waals surface area contributed by atoms with Crippen molar-refractivity contribution >= 4 is 29.0 Å². The lowest BCUT2D eigenvalue weighted by Gasteiger charge is -2.31. The van der Waals surface area contributed by atoms with Crippen LogP contribution in [0.25, 0.3) is 0 Å². The molecule has 0 fully saturated rings. The molecule has 0 saturated heterocycles. The molecule has 9 heteroatoms. The van der Waals surface area contributed by atoms with Gasteiger partial charge in [-0.15, -0.1) is 0 Å². The van der Waals surface area contributed by atoms with Gasteiger partial charge in [0.2, 0.25) is 0 Å². The summed E-state index contributed by atoms with van der Waals surface area (Å²) in [5.74, 6) is -0.144. The Morgan fingerprint density at radius 1 is 0.919 bits per heavy atom. The van der Waals surface area contributed by atoms with Gasteiger partial charge in [0.1, 0.15) is 29.0 Å². The molecule has 2 amide bonds. The van der Waals surface area contributed by atoms with Gasteiger partial charge in [0.05, 0.1) is 18.9 Å². The molecule has 5 rings (SSSR count). The number of methoxy groups -OCH3 is 1. The highest BCUT2D eigenvalue weighted by atomic mass is 19.1. The largest absolute Gasteiger partial charge is 0.496 e. The van der Waals surface area contributed by atoms with E-state index in [1.807, 2.05) is 42.5 Å². The van der Waals surface area contributed by atoms with Crippen molar-refractivity contribution < 1.29 is 18.7 Å². The second-order valence-corrected chi connectivity index (χ2v) is 8.44. The van der Waals surface area contributed by atoms with Crippen LogP contribution in [-0.4, -0.2) is 28.7 Å². The van der Waals surface area contributed by atoms with Gasteiger partial charge < -0.3 is 20.7 Å². The van der Waals surface area contributed by atoms with E-state index in [0.29, 0.717) is 39.8 Å². The summed E-state index contributed by atoms with van der Waals surface area (Å²) in [6.07, 6.45) is 1.44. The molecule has 1 aliphatic rings. The predicted molar refractivity (Wildman–Crippen MR) is 139 cm³/mol. The zero-order valence-electron chi connectivity index (χ0n) is 20.2. The molecule has 3 N–H and O–H groups in total. The van der Waals surface area contributed by atoms with Gasteiger partial charge in [0, 0.05) is 22.6 Å². The van der Waals surface area contributed by atoms with E-state index in [-0.39, 0.29) is 11.5 Å². The van der Waals surface area contributed by atoms with E-state index in [0.717, 1.165) is 0 Å². The number of aromatic nitrogens is 2. The molecule has 0 bridgehead atoms. The first kappa shape index (κ1) is 23.8. The van der Waals surface area contributed by atoms with Crippen LogP contribution in [0, 0.1) is 5.82 Å². The Hall–Kier alpha value is -4.92. The Bertz CT molecular complexity index is 1500. The van der Waals surface area contributed by atoms with E-state index in [1.165, 1.54) is 30.5 Å². The number of allylic oxidation sites excluding steroid dienone is 1. The van der Waals surface area contributed by atoms with Gasteiger partial charge in [-0.05, 0) is 49.4 Å². The van der Waals surface area contributed by atoms with Gasteiger partial charge in [-0.25, -0.2) is 9.07 Å². The van der Waals surface area contributed by atoms with Gasteiger partial charge in [0.15, 0.2) is 0 Å². The standard InChI is InChI=1S/C28H24FN5O3/c1-17-24(28(36)33-19-8-4-3-5-9-19)25(21-10-6-7-11-23(21)37-2)34-26(31-17)22(16-30-34)27(35)32-20-14-12-18(29)13-15-20/h3-16,25,31H,1-2H3,(H,32,35)(H,33,36)/t25-/m1/s1. The molecule has 3 aromatic carbocycles.